The minimum absolute atomic E-state index is 0.213. The lowest BCUT2D eigenvalue weighted by atomic mass is 10.1. The van der Waals surface area contributed by atoms with Crippen LogP contribution in [0.25, 0.3) is 0 Å². The number of halogens is 1. The van der Waals surface area contributed by atoms with Gasteiger partial charge in [0.25, 0.3) is 0 Å². The Kier molecular flexibility index (Phi) is 3.96. The fourth-order valence-electron chi connectivity index (χ4n) is 1.38. The number of sulfonamides is 1. The lowest BCUT2D eigenvalue weighted by Crippen LogP contribution is -2.23. The van der Waals surface area contributed by atoms with Crippen LogP contribution in [-0.4, -0.2) is 26.8 Å². The Morgan fingerprint density at radius 1 is 1.38 bits per heavy atom. The van der Waals surface area contributed by atoms with Gasteiger partial charge in [-0.25, -0.2) is 12.7 Å². The van der Waals surface area contributed by atoms with Crippen LogP contribution in [-0.2, 0) is 16.6 Å². The molecule has 0 saturated heterocycles. The summed E-state index contributed by atoms with van der Waals surface area (Å²) in [6.07, 6.45) is 0. The van der Waals surface area contributed by atoms with Gasteiger partial charge in [-0.05, 0) is 30.2 Å². The van der Waals surface area contributed by atoms with E-state index in [0.29, 0.717) is 10.6 Å². The summed E-state index contributed by atoms with van der Waals surface area (Å²) in [5, 5.41) is 0.381. The molecule has 0 aliphatic heterocycles. The molecule has 1 aromatic rings. The van der Waals surface area contributed by atoms with E-state index in [2.05, 4.69) is 0 Å². The summed E-state index contributed by atoms with van der Waals surface area (Å²) >= 11 is 5.87. The molecule has 6 heteroatoms. The van der Waals surface area contributed by atoms with Crippen LogP contribution in [0.2, 0.25) is 5.02 Å². The molecule has 4 nitrogen and oxygen atoms in total. The molecular weight excluding hydrogens is 248 g/mol. The molecule has 0 atom stereocenters. The molecule has 0 aliphatic carbocycles. The van der Waals surface area contributed by atoms with E-state index in [1.807, 2.05) is 0 Å². The predicted molar refractivity (Wildman–Crippen MR) is 65.0 cm³/mol. The Morgan fingerprint density at radius 3 is 2.38 bits per heavy atom. The summed E-state index contributed by atoms with van der Waals surface area (Å²) in [5.41, 5.74) is 6.94. The zero-order valence-corrected chi connectivity index (χ0v) is 11.1. The van der Waals surface area contributed by atoms with Gasteiger partial charge in [0.1, 0.15) is 0 Å². The van der Waals surface area contributed by atoms with Gasteiger partial charge in [-0.15, -0.1) is 0 Å². The molecule has 1 rings (SSSR count). The monoisotopic (exact) mass is 262 g/mol. The summed E-state index contributed by atoms with van der Waals surface area (Å²) in [6, 6.07) is 3.14. The third-order valence-electron chi connectivity index (χ3n) is 2.41. The average molecular weight is 263 g/mol. The summed E-state index contributed by atoms with van der Waals surface area (Å²) in [5.74, 6) is 0. The SMILES string of the molecule is Cc1c(CN)cc(Cl)cc1S(=O)(=O)N(C)C. The van der Waals surface area contributed by atoms with Crippen LogP contribution in [0.5, 0.6) is 0 Å². The van der Waals surface area contributed by atoms with Gasteiger partial charge in [0, 0.05) is 25.7 Å². The van der Waals surface area contributed by atoms with Gasteiger partial charge in [0.05, 0.1) is 4.90 Å². The van der Waals surface area contributed by atoms with Gasteiger partial charge in [-0.1, -0.05) is 11.6 Å². The van der Waals surface area contributed by atoms with E-state index < -0.39 is 10.0 Å². The number of hydrogen-bond acceptors (Lipinski definition) is 3. The van der Waals surface area contributed by atoms with Gasteiger partial charge < -0.3 is 5.73 Å². The van der Waals surface area contributed by atoms with Crippen LogP contribution in [0.4, 0.5) is 0 Å². The zero-order valence-electron chi connectivity index (χ0n) is 9.49. The highest BCUT2D eigenvalue weighted by molar-refractivity contribution is 7.89. The van der Waals surface area contributed by atoms with Crippen LogP contribution < -0.4 is 5.73 Å². The molecule has 16 heavy (non-hydrogen) atoms. The van der Waals surface area contributed by atoms with E-state index in [0.717, 1.165) is 9.87 Å². The molecule has 0 aliphatic rings. The van der Waals surface area contributed by atoms with Crippen molar-refractivity contribution < 1.29 is 8.42 Å². The van der Waals surface area contributed by atoms with E-state index in [9.17, 15) is 8.42 Å². The second-order valence-electron chi connectivity index (χ2n) is 3.68. The maximum absolute atomic E-state index is 12.0. The van der Waals surface area contributed by atoms with Gasteiger partial charge in [-0.2, -0.15) is 0 Å². The van der Waals surface area contributed by atoms with Crippen molar-refractivity contribution in [2.75, 3.05) is 14.1 Å². The standard InChI is InChI=1S/C10H15ClN2O2S/c1-7-8(6-12)4-9(11)5-10(7)16(14,15)13(2)3/h4-5H,6,12H2,1-3H3. The maximum Gasteiger partial charge on any atom is 0.242 e. The summed E-state index contributed by atoms with van der Waals surface area (Å²) in [6.45, 7) is 2.00. The molecule has 1 aromatic carbocycles. The predicted octanol–water partition coefficient (Wildman–Crippen LogP) is 1.36. The minimum atomic E-state index is -3.47. The lowest BCUT2D eigenvalue weighted by Gasteiger charge is -2.16. The van der Waals surface area contributed by atoms with E-state index in [4.69, 9.17) is 17.3 Å². The van der Waals surface area contributed by atoms with Crippen LogP contribution in [0, 0.1) is 6.92 Å². The molecule has 2 N–H and O–H groups in total. The minimum Gasteiger partial charge on any atom is -0.326 e. The highest BCUT2D eigenvalue weighted by Gasteiger charge is 2.21. The molecule has 0 heterocycles. The summed E-state index contributed by atoms with van der Waals surface area (Å²) < 4.78 is 25.2. The molecule has 0 amide bonds. The van der Waals surface area contributed by atoms with Crippen LogP contribution >= 0.6 is 11.6 Å². The van der Waals surface area contributed by atoms with Crippen molar-refractivity contribution in [1.82, 2.24) is 4.31 Å². The van der Waals surface area contributed by atoms with Crippen molar-refractivity contribution >= 4 is 21.6 Å². The van der Waals surface area contributed by atoms with Crippen LogP contribution in [0.1, 0.15) is 11.1 Å². The topological polar surface area (TPSA) is 63.4 Å². The van der Waals surface area contributed by atoms with Crippen molar-refractivity contribution in [1.29, 1.82) is 0 Å². The third-order valence-corrected chi connectivity index (χ3v) is 4.57. The number of rotatable bonds is 3. The van der Waals surface area contributed by atoms with Gasteiger partial charge in [-0.3, -0.25) is 0 Å². The summed E-state index contributed by atoms with van der Waals surface area (Å²) in [4.78, 5) is 0.213. The van der Waals surface area contributed by atoms with E-state index in [1.54, 1.807) is 13.0 Å². The fourth-order valence-corrected chi connectivity index (χ4v) is 2.88. The highest BCUT2D eigenvalue weighted by Crippen LogP contribution is 2.25. The first-order chi connectivity index (χ1) is 7.30. The molecule has 0 spiro atoms. The Labute approximate surface area is 101 Å². The van der Waals surface area contributed by atoms with E-state index >= 15 is 0 Å². The number of nitrogens with two attached hydrogens (primary N) is 1. The van der Waals surface area contributed by atoms with E-state index in [1.165, 1.54) is 20.2 Å². The van der Waals surface area contributed by atoms with E-state index in [-0.39, 0.29) is 11.4 Å². The van der Waals surface area contributed by atoms with Crippen molar-refractivity contribution in [2.24, 2.45) is 5.73 Å². The molecule has 0 radical (unpaired) electrons. The number of hydrogen-bond donors (Lipinski definition) is 1. The molecule has 90 valence electrons. The van der Waals surface area contributed by atoms with Crippen molar-refractivity contribution in [3.63, 3.8) is 0 Å². The van der Waals surface area contributed by atoms with Crippen LogP contribution in [0.3, 0.4) is 0 Å². The van der Waals surface area contributed by atoms with Gasteiger partial charge in [0.15, 0.2) is 0 Å². The Hall–Kier alpha value is -0.620. The molecule has 0 fully saturated rings. The van der Waals surface area contributed by atoms with Crippen molar-refractivity contribution in [3.8, 4) is 0 Å². The zero-order chi connectivity index (χ0) is 12.5. The molecule has 0 saturated carbocycles. The van der Waals surface area contributed by atoms with Crippen molar-refractivity contribution in [2.45, 2.75) is 18.4 Å². The molecular formula is C10H15ClN2O2S. The number of benzene rings is 1. The Bertz CT molecular complexity index is 498. The van der Waals surface area contributed by atoms with Crippen LogP contribution in [0.15, 0.2) is 17.0 Å². The summed E-state index contributed by atoms with van der Waals surface area (Å²) in [7, 11) is -0.501. The smallest absolute Gasteiger partial charge is 0.242 e. The second kappa shape index (κ2) is 4.71. The Morgan fingerprint density at radius 2 is 1.94 bits per heavy atom. The Balaban J connectivity index is 3.52. The van der Waals surface area contributed by atoms with Gasteiger partial charge in [0.2, 0.25) is 10.0 Å². The first-order valence-corrected chi connectivity index (χ1v) is 6.54. The fraction of sp³-hybridized carbons (Fsp3) is 0.400. The largest absolute Gasteiger partial charge is 0.326 e. The molecule has 0 bridgehead atoms. The van der Waals surface area contributed by atoms with Crippen molar-refractivity contribution in [3.05, 3.63) is 28.3 Å². The normalized spacial score (nSPS) is 12.1. The number of nitrogens with zero attached hydrogens (tertiary/aromatic N) is 1. The second-order valence-corrected chi connectivity index (χ2v) is 6.24. The average Bonchev–Trinajstić information content (AvgIpc) is 2.20. The molecule has 0 unspecified atom stereocenters. The maximum atomic E-state index is 12.0. The quantitative estimate of drug-likeness (QED) is 0.895. The highest BCUT2D eigenvalue weighted by atomic mass is 35.5. The first-order valence-electron chi connectivity index (χ1n) is 4.72. The van der Waals surface area contributed by atoms with Gasteiger partial charge >= 0.3 is 0 Å². The third kappa shape index (κ3) is 2.38. The first kappa shape index (κ1) is 13.4. The molecule has 0 aromatic heterocycles. The lowest BCUT2D eigenvalue weighted by molar-refractivity contribution is 0.520.